The second-order valence-electron chi connectivity index (χ2n) is 5.02. The standard InChI is InChI=1S/C13H15N3O3/c1-6-14-9-4-7-8(5-10(9)15-6)16-11(17)13(7,2)12(18)19-3/h4-6,14-15H,1-3H3,(H,16,17). The van der Waals surface area contributed by atoms with Gasteiger partial charge >= 0.3 is 5.97 Å². The maximum absolute atomic E-state index is 12.1. The summed E-state index contributed by atoms with van der Waals surface area (Å²) in [6, 6.07) is 3.67. The minimum absolute atomic E-state index is 0.123. The molecular weight excluding hydrogens is 246 g/mol. The number of hydrogen-bond acceptors (Lipinski definition) is 5. The van der Waals surface area contributed by atoms with Crippen LogP contribution in [-0.4, -0.2) is 25.2 Å². The molecule has 19 heavy (non-hydrogen) atoms. The van der Waals surface area contributed by atoms with E-state index in [1.165, 1.54) is 7.11 Å². The number of amides is 1. The molecule has 100 valence electrons. The highest BCUT2D eigenvalue weighted by atomic mass is 16.5. The fourth-order valence-electron chi connectivity index (χ4n) is 2.63. The predicted molar refractivity (Wildman–Crippen MR) is 71.1 cm³/mol. The molecule has 2 aliphatic rings. The van der Waals surface area contributed by atoms with Crippen LogP contribution in [0.2, 0.25) is 0 Å². The second kappa shape index (κ2) is 3.63. The topological polar surface area (TPSA) is 79.5 Å². The van der Waals surface area contributed by atoms with E-state index >= 15 is 0 Å². The molecule has 6 heteroatoms. The zero-order chi connectivity index (χ0) is 13.8. The first-order valence-corrected chi connectivity index (χ1v) is 6.08. The first kappa shape index (κ1) is 11.8. The Bertz CT molecular complexity index is 599. The van der Waals surface area contributed by atoms with Crippen LogP contribution in [0.5, 0.6) is 0 Å². The van der Waals surface area contributed by atoms with Crippen molar-refractivity contribution in [2.24, 2.45) is 0 Å². The third-order valence-corrected chi connectivity index (χ3v) is 3.74. The summed E-state index contributed by atoms with van der Waals surface area (Å²) in [5.41, 5.74) is 1.82. The van der Waals surface area contributed by atoms with E-state index in [1.54, 1.807) is 6.92 Å². The lowest BCUT2D eigenvalue weighted by atomic mass is 9.83. The van der Waals surface area contributed by atoms with Gasteiger partial charge in [0.1, 0.15) is 0 Å². The number of nitrogens with one attached hydrogen (secondary N) is 3. The second-order valence-corrected chi connectivity index (χ2v) is 5.02. The molecule has 1 aromatic carbocycles. The average molecular weight is 261 g/mol. The Balaban J connectivity index is 2.15. The quantitative estimate of drug-likeness (QED) is 0.524. The third-order valence-electron chi connectivity index (χ3n) is 3.74. The van der Waals surface area contributed by atoms with Crippen molar-refractivity contribution >= 4 is 28.9 Å². The molecule has 2 aliphatic heterocycles. The van der Waals surface area contributed by atoms with E-state index in [4.69, 9.17) is 4.74 Å². The molecule has 0 radical (unpaired) electrons. The Morgan fingerprint density at radius 1 is 1.26 bits per heavy atom. The van der Waals surface area contributed by atoms with Gasteiger partial charge in [-0.25, -0.2) is 0 Å². The fourth-order valence-corrected chi connectivity index (χ4v) is 2.63. The lowest BCUT2D eigenvalue weighted by Crippen LogP contribution is -2.40. The SMILES string of the molecule is COC(=O)C1(C)C(=O)Nc2cc3c(cc21)NC(C)N3. The van der Waals surface area contributed by atoms with Gasteiger partial charge < -0.3 is 20.7 Å². The number of carbonyl (C=O) groups excluding carboxylic acids is 2. The Labute approximate surface area is 110 Å². The summed E-state index contributed by atoms with van der Waals surface area (Å²) >= 11 is 0. The number of esters is 1. The molecule has 3 rings (SSSR count). The molecule has 0 fully saturated rings. The molecule has 0 spiro atoms. The van der Waals surface area contributed by atoms with Crippen molar-refractivity contribution in [1.29, 1.82) is 0 Å². The summed E-state index contributed by atoms with van der Waals surface area (Å²) in [5.74, 6) is -0.909. The summed E-state index contributed by atoms with van der Waals surface area (Å²) < 4.78 is 4.77. The summed E-state index contributed by atoms with van der Waals surface area (Å²) in [6.07, 6.45) is 0.123. The van der Waals surface area contributed by atoms with Crippen LogP contribution in [0.4, 0.5) is 17.1 Å². The van der Waals surface area contributed by atoms with E-state index < -0.39 is 11.4 Å². The zero-order valence-electron chi connectivity index (χ0n) is 11.0. The molecule has 2 unspecified atom stereocenters. The molecule has 0 bridgehead atoms. The van der Waals surface area contributed by atoms with Gasteiger partial charge in [0.15, 0.2) is 5.41 Å². The Hall–Kier alpha value is -2.24. The van der Waals surface area contributed by atoms with Crippen LogP contribution in [0.3, 0.4) is 0 Å². The Morgan fingerprint density at radius 2 is 1.89 bits per heavy atom. The zero-order valence-corrected chi connectivity index (χ0v) is 11.0. The first-order chi connectivity index (χ1) is 8.96. The van der Waals surface area contributed by atoms with Gasteiger partial charge in [0.25, 0.3) is 0 Å². The van der Waals surface area contributed by atoms with Crippen LogP contribution in [0.1, 0.15) is 19.4 Å². The normalized spacial score (nSPS) is 26.9. The van der Waals surface area contributed by atoms with E-state index in [2.05, 4.69) is 16.0 Å². The van der Waals surface area contributed by atoms with E-state index in [1.807, 2.05) is 19.1 Å². The lowest BCUT2D eigenvalue weighted by molar-refractivity contribution is -0.150. The molecule has 0 aliphatic carbocycles. The molecule has 2 heterocycles. The molecule has 1 amide bonds. The number of rotatable bonds is 1. The highest BCUT2D eigenvalue weighted by Gasteiger charge is 2.50. The lowest BCUT2D eigenvalue weighted by Gasteiger charge is -2.19. The minimum Gasteiger partial charge on any atom is -0.468 e. The molecular formula is C13H15N3O3. The van der Waals surface area contributed by atoms with Crippen LogP contribution in [0, 0.1) is 0 Å². The van der Waals surface area contributed by atoms with E-state index in [-0.39, 0.29) is 12.1 Å². The van der Waals surface area contributed by atoms with Crippen LogP contribution < -0.4 is 16.0 Å². The van der Waals surface area contributed by atoms with Crippen molar-refractivity contribution in [3.63, 3.8) is 0 Å². The van der Waals surface area contributed by atoms with Crippen molar-refractivity contribution in [2.45, 2.75) is 25.4 Å². The summed E-state index contributed by atoms with van der Waals surface area (Å²) in [5, 5.41) is 9.21. The van der Waals surface area contributed by atoms with Crippen LogP contribution >= 0.6 is 0 Å². The maximum Gasteiger partial charge on any atom is 0.325 e. The number of carbonyl (C=O) groups is 2. The summed E-state index contributed by atoms with van der Waals surface area (Å²) in [6.45, 7) is 3.57. The van der Waals surface area contributed by atoms with Gasteiger partial charge in [-0.1, -0.05) is 0 Å². The number of benzene rings is 1. The molecule has 0 saturated heterocycles. The average Bonchev–Trinajstić information content (AvgIpc) is 2.85. The maximum atomic E-state index is 12.1. The molecule has 3 N–H and O–H groups in total. The van der Waals surface area contributed by atoms with Gasteiger partial charge in [-0.3, -0.25) is 9.59 Å². The van der Waals surface area contributed by atoms with Crippen LogP contribution in [-0.2, 0) is 19.7 Å². The number of methoxy groups -OCH3 is 1. The van der Waals surface area contributed by atoms with Crippen molar-refractivity contribution in [2.75, 3.05) is 23.1 Å². The van der Waals surface area contributed by atoms with Crippen LogP contribution in [0.15, 0.2) is 12.1 Å². The molecule has 0 saturated carbocycles. The van der Waals surface area contributed by atoms with E-state index in [9.17, 15) is 9.59 Å². The fraction of sp³-hybridized carbons (Fsp3) is 0.385. The van der Waals surface area contributed by atoms with Gasteiger partial charge in [0.05, 0.1) is 24.7 Å². The highest BCUT2D eigenvalue weighted by molar-refractivity contribution is 6.19. The number of ether oxygens (including phenoxy) is 1. The smallest absolute Gasteiger partial charge is 0.325 e. The van der Waals surface area contributed by atoms with Gasteiger partial charge in [-0.15, -0.1) is 0 Å². The van der Waals surface area contributed by atoms with E-state index in [0.29, 0.717) is 11.3 Å². The number of fused-ring (bicyclic) bond motifs is 2. The summed E-state index contributed by atoms with van der Waals surface area (Å²) in [7, 11) is 1.29. The number of anilines is 3. The van der Waals surface area contributed by atoms with Crippen molar-refractivity contribution in [3.05, 3.63) is 17.7 Å². The molecule has 6 nitrogen and oxygen atoms in total. The van der Waals surface area contributed by atoms with E-state index in [0.717, 1.165) is 11.4 Å². The highest BCUT2D eigenvalue weighted by Crippen LogP contribution is 2.44. The molecule has 1 aromatic rings. The van der Waals surface area contributed by atoms with Crippen molar-refractivity contribution in [3.8, 4) is 0 Å². The van der Waals surface area contributed by atoms with Crippen molar-refractivity contribution in [1.82, 2.24) is 0 Å². The Morgan fingerprint density at radius 3 is 2.53 bits per heavy atom. The third kappa shape index (κ3) is 1.43. The predicted octanol–water partition coefficient (Wildman–Crippen LogP) is 1.25. The van der Waals surface area contributed by atoms with Crippen LogP contribution in [0.25, 0.3) is 0 Å². The monoisotopic (exact) mass is 261 g/mol. The molecule has 2 atom stereocenters. The van der Waals surface area contributed by atoms with Gasteiger partial charge in [-0.2, -0.15) is 0 Å². The largest absolute Gasteiger partial charge is 0.468 e. The summed E-state index contributed by atoms with van der Waals surface area (Å²) in [4.78, 5) is 24.0. The Kier molecular flexibility index (Phi) is 2.26. The first-order valence-electron chi connectivity index (χ1n) is 6.08. The van der Waals surface area contributed by atoms with Gasteiger partial charge in [-0.05, 0) is 26.0 Å². The van der Waals surface area contributed by atoms with Crippen molar-refractivity contribution < 1.29 is 14.3 Å². The van der Waals surface area contributed by atoms with Gasteiger partial charge in [0, 0.05) is 11.3 Å². The number of hydrogen-bond donors (Lipinski definition) is 3. The molecule has 0 aromatic heterocycles. The van der Waals surface area contributed by atoms with Gasteiger partial charge in [0.2, 0.25) is 5.91 Å². The minimum atomic E-state index is -1.29.